The average Bonchev–Trinajstić information content (AvgIpc) is 2.62. The minimum atomic E-state index is -4.59. The Morgan fingerprint density at radius 2 is 1.81 bits per heavy atom. The number of nitriles is 1. The molecule has 8 heteroatoms. The first kappa shape index (κ1) is 18.0. The van der Waals surface area contributed by atoms with Crippen molar-refractivity contribution in [1.29, 1.82) is 5.26 Å². The van der Waals surface area contributed by atoms with E-state index in [2.05, 4.69) is 20.6 Å². The first-order valence-corrected chi connectivity index (χ1v) is 8.44. The van der Waals surface area contributed by atoms with Crippen molar-refractivity contribution in [2.75, 3.05) is 10.6 Å². The molecule has 1 saturated carbocycles. The fourth-order valence-electron chi connectivity index (χ4n) is 2.98. The van der Waals surface area contributed by atoms with Crippen molar-refractivity contribution in [3.63, 3.8) is 0 Å². The average molecular weight is 361 g/mol. The zero-order valence-corrected chi connectivity index (χ0v) is 14.0. The van der Waals surface area contributed by atoms with Gasteiger partial charge in [0.15, 0.2) is 5.69 Å². The van der Waals surface area contributed by atoms with Gasteiger partial charge < -0.3 is 10.6 Å². The van der Waals surface area contributed by atoms with E-state index in [9.17, 15) is 13.2 Å². The highest BCUT2D eigenvalue weighted by atomic mass is 19.4. The van der Waals surface area contributed by atoms with Gasteiger partial charge >= 0.3 is 6.18 Å². The summed E-state index contributed by atoms with van der Waals surface area (Å²) in [6.07, 6.45) is 0.407. The highest BCUT2D eigenvalue weighted by Gasteiger charge is 2.34. The first-order valence-electron chi connectivity index (χ1n) is 8.44. The fraction of sp³-hybridized carbons (Fsp3) is 0.389. The summed E-state index contributed by atoms with van der Waals surface area (Å²) < 4.78 is 39.6. The van der Waals surface area contributed by atoms with Crippen molar-refractivity contribution < 1.29 is 13.2 Å². The van der Waals surface area contributed by atoms with Gasteiger partial charge in [0.2, 0.25) is 5.95 Å². The molecule has 1 fully saturated rings. The van der Waals surface area contributed by atoms with Gasteiger partial charge in [0.1, 0.15) is 11.9 Å². The third-order valence-electron chi connectivity index (χ3n) is 4.27. The minimum Gasteiger partial charge on any atom is -0.351 e. The molecular formula is C18H18F3N5. The maximum Gasteiger partial charge on any atom is 0.433 e. The molecule has 0 atom stereocenters. The van der Waals surface area contributed by atoms with Crippen LogP contribution < -0.4 is 10.6 Å². The number of aromatic nitrogens is 2. The van der Waals surface area contributed by atoms with Crippen LogP contribution in [0.1, 0.15) is 43.4 Å². The molecule has 0 unspecified atom stereocenters. The number of nitrogens with zero attached hydrogens (tertiary/aromatic N) is 3. The molecule has 1 aliphatic carbocycles. The van der Waals surface area contributed by atoms with E-state index < -0.39 is 11.9 Å². The number of anilines is 3. The first-order chi connectivity index (χ1) is 12.5. The predicted octanol–water partition coefficient (Wildman–Crippen LogP) is 4.86. The number of halogens is 3. The highest BCUT2D eigenvalue weighted by molar-refractivity contribution is 5.65. The van der Waals surface area contributed by atoms with Crippen molar-refractivity contribution >= 4 is 17.5 Å². The molecule has 1 aromatic carbocycles. The van der Waals surface area contributed by atoms with Crippen molar-refractivity contribution in [3.8, 4) is 6.07 Å². The van der Waals surface area contributed by atoms with Crippen LogP contribution in [0.5, 0.6) is 0 Å². The maximum absolute atomic E-state index is 13.2. The Kier molecular flexibility index (Phi) is 5.26. The molecule has 0 saturated heterocycles. The number of alkyl halides is 3. The van der Waals surface area contributed by atoms with Crippen LogP contribution >= 0.6 is 0 Å². The second-order valence-electron chi connectivity index (χ2n) is 6.22. The lowest BCUT2D eigenvalue weighted by atomic mass is 9.96. The van der Waals surface area contributed by atoms with Gasteiger partial charge in [0, 0.05) is 12.1 Å². The standard InChI is InChI=1S/C18H18F3N5/c19-18(20,21)15-10-16(24-14-9-5-4-6-12(14)11-22)26-17(25-15)23-13-7-2-1-3-8-13/h4-6,9-10,13H,1-3,7-8H2,(H2,23,24,25,26). The van der Waals surface area contributed by atoms with E-state index in [0.29, 0.717) is 11.3 Å². The zero-order chi connectivity index (χ0) is 18.6. The number of para-hydroxylation sites is 1. The fourth-order valence-corrected chi connectivity index (χ4v) is 2.98. The van der Waals surface area contributed by atoms with Crippen molar-refractivity contribution in [2.24, 2.45) is 0 Å². The maximum atomic E-state index is 13.2. The smallest absolute Gasteiger partial charge is 0.351 e. The predicted molar refractivity (Wildman–Crippen MR) is 92.0 cm³/mol. The molecule has 1 aliphatic rings. The monoisotopic (exact) mass is 361 g/mol. The summed E-state index contributed by atoms with van der Waals surface area (Å²) in [5.74, 6) is -0.0583. The third-order valence-corrected chi connectivity index (χ3v) is 4.27. The normalized spacial score (nSPS) is 15.3. The Balaban J connectivity index is 1.90. The molecule has 2 N–H and O–H groups in total. The number of hydrogen-bond acceptors (Lipinski definition) is 5. The SMILES string of the molecule is N#Cc1ccccc1Nc1cc(C(F)(F)F)nc(NC2CCCCC2)n1. The number of benzene rings is 1. The Labute approximate surface area is 149 Å². The van der Waals surface area contributed by atoms with Crippen molar-refractivity contribution in [1.82, 2.24) is 9.97 Å². The Hall–Kier alpha value is -2.82. The van der Waals surface area contributed by atoms with E-state index in [1.165, 1.54) is 0 Å². The Bertz CT molecular complexity index is 807. The largest absolute Gasteiger partial charge is 0.433 e. The Morgan fingerprint density at radius 1 is 1.08 bits per heavy atom. The summed E-state index contributed by atoms with van der Waals surface area (Å²) in [7, 11) is 0. The molecule has 0 radical (unpaired) electrons. The van der Waals surface area contributed by atoms with Crippen LogP contribution in [-0.2, 0) is 6.18 Å². The Morgan fingerprint density at radius 3 is 2.50 bits per heavy atom. The van der Waals surface area contributed by atoms with Gasteiger partial charge in [-0.2, -0.15) is 23.4 Å². The quantitative estimate of drug-likeness (QED) is 0.814. The van der Waals surface area contributed by atoms with E-state index >= 15 is 0 Å². The lowest BCUT2D eigenvalue weighted by molar-refractivity contribution is -0.141. The zero-order valence-electron chi connectivity index (χ0n) is 14.0. The van der Waals surface area contributed by atoms with Crippen LogP contribution in [0.25, 0.3) is 0 Å². The number of hydrogen-bond donors (Lipinski definition) is 2. The van der Waals surface area contributed by atoms with Gasteiger partial charge in [-0.15, -0.1) is 0 Å². The lowest BCUT2D eigenvalue weighted by Crippen LogP contribution is -2.24. The van der Waals surface area contributed by atoms with E-state index in [-0.39, 0.29) is 17.8 Å². The number of nitrogens with one attached hydrogen (secondary N) is 2. The second-order valence-corrected chi connectivity index (χ2v) is 6.22. The molecule has 0 amide bonds. The van der Waals surface area contributed by atoms with E-state index in [1.807, 2.05) is 6.07 Å². The van der Waals surface area contributed by atoms with E-state index in [4.69, 9.17) is 5.26 Å². The summed E-state index contributed by atoms with van der Waals surface area (Å²) in [4.78, 5) is 7.80. The third kappa shape index (κ3) is 4.42. The van der Waals surface area contributed by atoms with Gasteiger partial charge in [-0.25, -0.2) is 4.98 Å². The summed E-state index contributed by atoms with van der Waals surface area (Å²) >= 11 is 0. The van der Waals surface area contributed by atoms with Crippen LogP contribution in [0, 0.1) is 11.3 Å². The lowest BCUT2D eigenvalue weighted by Gasteiger charge is -2.23. The van der Waals surface area contributed by atoms with Crippen LogP contribution in [0.3, 0.4) is 0 Å². The van der Waals surface area contributed by atoms with Crippen LogP contribution in [0.4, 0.5) is 30.6 Å². The minimum absolute atomic E-state index is 0.00617. The molecule has 3 rings (SSSR count). The van der Waals surface area contributed by atoms with Crippen LogP contribution in [-0.4, -0.2) is 16.0 Å². The van der Waals surface area contributed by atoms with Gasteiger partial charge in [-0.05, 0) is 25.0 Å². The van der Waals surface area contributed by atoms with E-state index in [0.717, 1.165) is 38.2 Å². The summed E-state index contributed by atoms with van der Waals surface area (Å²) in [5, 5.41) is 15.0. The molecular weight excluding hydrogens is 343 g/mol. The summed E-state index contributed by atoms with van der Waals surface area (Å²) in [5.41, 5.74) is -0.311. The van der Waals surface area contributed by atoms with Gasteiger partial charge in [0.05, 0.1) is 11.3 Å². The van der Waals surface area contributed by atoms with Gasteiger partial charge in [-0.1, -0.05) is 31.4 Å². The van der Waals surface area contributed by atoms with Crippen LogP contribution in [0.15, 0.2) is 30.3 Å². The summed E-state index contributed by atoms with van der Waals surface area (Å²) in [6.45, 7) is 0. The topological polar surface area (TPSA) is 73.6 Å². The molecule has 2 aromatic rings. The molecule has 26 heavy (non-hydrogen) atoms. The second kappa shape index (κ2) is 7.60. The molecule has 0 spiro atoms. The van der Waals surface area contributed by atoms with Crippen LogP contribution in [0.2, 0.25) is 0 Å². The van der Waals surface area contributed by atoms with Crippen molar-refractivity contribution in [3.05, 3.63) is 41.6 Å². The van der Waals surface area contributed by atoms with Gasteiger partial charge in [-0.3, -0.25) is 0 Å². The van der Waals surface area contributed by atoms with Crippen molar-refractivity contribution in [2.45, 2.75) is 44.3 Å². The van der Waals surface area contributed by atoms with E-state index in [1.54, 1.807) is 24.3 Å². The molecule has 1 heterocycles. The summed E-state index contributed by atoms with van der Waals surface area (Å²) in [6, 6.07) is 9.48. The highest BCUT2D eigenvalue weighted by Crippen LogP contribution is 2.31. The molecule has 136 valence electrons. The van der Waals surface area contributed by atoms with Gasteiger partial charge in [0.25, 0.3) is 0 Å². The molecule has 5 nitrogen and oxygen atoms in total. The molecule has 0 aliphatic heterocycles. The molecule has 1 aromatic heterocycles. The number of rotatable bonds is 4. The molecule has 0 bridgehead atoms.